The normalized spacial score (nSPS) is 11.8. The Morgan fingerprint density at radius 1 is 1.25 bits per heavy atom. The Hall–Kier alpha value is -1.01. The third kappa shape index (κ3) is 2.99. The van der Waals surface area contributed by atoms with E-state index in [1.807, 2.05) is 0 Å². The van der Waals surface area contributed by atoms with Crippen LogP contribution in [0.25, 0.3) is 0 Å². The highest BCUT2D eigenvalue weighted by Crippen LogP contribution is 2.21. The van der Waals surface area contributed by atoms with Crippen molar-refractivity contribution < 1.29 is 17.2 Å². The molecule has 0 spiro atoms. The number of rotatable bonds is 4. The highest BCUT2D eigenvalue weighted by atomic mass is 32.2. The highest BCUT2D eigenvalue weighted by molar-refractivity contribution is 7.90. The molecule has 0 aliphatic heterocycles. The Morgan fingerprint density at radius 3 is 2.12 bits per heavy atom. The first kappa shape index (κ1) is 13.1. The minimum atomic E-state index is -3.88. The van der Waals surface area contributed by atoms with Crippen LogP contribution in [0.5, 0.6) is 0 Å². The lowest BCUT2D eigenvalue weighted by Gasteiger charge is -2.06. The van der Waals surface area contributed by atoms with E-state index >= 15 is 0 Å². The minimum Gasteiger partial charge on any atom is -0.330 e. The number of aryl methyl sites for hydroxylation is 1. The summed E-state index contributed by atoms with van der Waals surface area (Å²) in [6.45, 7) is 0.414. The first-order chi connectivity index (χ1) is 7.36. The van der Waals surface area contributed by atoms with E-state index in [0.717, 1.165) is 18.4 Å². The van der Waals surface area contributed by atoms with Crippen LogP contribution in [0.15, 0.2) is 17.0 Å². The molecule has 3 nitrogen and oxygen atoms in total. The third-order valence-electron chi connectivity index (χ3n) is 2.10. The van der Waals surface area contributed by atoms with Crippen LogP contribution in [-0.4, -0.2) is 21.2 Å². The van der Waals surface area contributed by atoms with E-state index < -0.39 is 26.4 Å². The maximum atomic E-state index is 13.4. The lowest BCUT2D eigenvalue weighted by molar-refractivity contribution is 0.518. The van der Waals surface area contributed by atoms with E-state index in [1.54, 1.807) is 0 Å². The van der Waals surface area contributed by atoms with E-state index in [1.165, 1.54) is 0 Å². The van der Waals surface area contributed by atoms with E-state index in [2.05, 4.69) is 0 Å². The number of benzene rings is 1. The number of hydrogen-bond donors (Lipinski definition) is 1. The topological polar surface area (TPSA) is 60.2 Å². The van der Waals surface area contributed by atoms with Crippen molar-refractivity contribution in [1.29, 1.82) is 0 Å². The predicted molar refractivity (Wildman–Crippen MR) is 56.8 cm³/mol. The molecule has 0 saturated heterocycles. The largest absolute Gasteiger partial charge is 0.330 e. The van der Waals surface area contributed by atoms with Crippen molar-refractivity contribution in [2.75, 3.05) is 12.8 Å². The lowest BCUT2D eigenvalue weighted by atomic mass is 10.1. The molecule has 6 heteroatoms. The van der Waals surface area contributed by atoms with Crippen molar-refractivity contribution in [3.05, 3.63) is 29.3 Å². The summed E-state index contributed by atoms with van der Waals surface area (Å²) in [4.78, 5) is -0.871. The Morgan fingerprint density at radius 2 is 1.75 bits per heavy atom. The monoisotopic (exact) mass is 249 g/mol. The molecule has 0 aliphatic carbocycles. The molecule has 0 saturated carbocycles. The average Bonchev–Trinajstić information content (AvgIpc) is 2.11. The zero-order valence-electron chi connectivity index (χ0n) is 8.83. The lowest BCUT2D eigenvalue weighted by Crippen LogP contribution is -2.06. The van der Waals surface area contributed by atoms with E-state index in [9.17, 15) is 17.2 Å². The van der Waals surface area contributed by atoms with Gasteiger partial charge in [-0.2, -0.15) is 0 Å². The van der Waals surface area contributed by atoms with Crippen molar-refractivity contribution in [3.8, 4) is 0 Å². The highest BCUT2D eigenvalue weighted by Gasteiger charge is 2.20. The number of hydrogen-bond acceptors (Lipinski definition) is 3. The van der Waals surface area contributed by atoms with Crippen molar-refractivity contribution in [2.45, 2.75) is 17.7 Å². The van der Waals surface area contributed by atoms with Crippen molar-refractivity contribution in [1.82, 2.24) is 0 Å². The van der Waals surface area contributed by atoms with Gasteiger partial charge in [-0.25, -0.2) is 17.2 Å². The smallest absolute Gasteiger partial charge is 0.181 e. The predicted octanol–water partition coefficient (Wildman–Crippen LogP) is 1.26. The quantitative estimate of drug-likeness (QED) is 0.874. The van der Waals surface area contributed by atoms with Gasteiger partial charge in [0.05, 0.1) is 0 Å². The van der Waals surface area contributed by atoms with Gasteiger partial charge in [0.15, 0.2) is 9.84 Å². The van der Waals surface area contributed by atoms with Crippen LogP contribution in [0, 0.1) is 11.6 Å². The second kappa shape index (κ2) is 4.88. The van der Waals surface area contributed by atoms with E-state index in [0.29, 0.717) is 24.9 Å². The summed E-state index contributed by atoms with van der Waals surface area (Å²) >= 11 is 0. The summed E-state index contributed by atoms with van der Waals surface area (Å²) in [5.41, 5.74) is 5.68. The molecule has 1 aromatic rings. The fourth-order valence-electron chi connectivity index (χ4n) is 1.42. The second-order valence-electron chi connectivity index (χ2n) is 3.55. The standard InChI is InChI=1S/C10H13F2NO2S/c1-16(14,15)10-8(11)5-7(3-2-4-13)6-9(10)12/h5-6H,2-4,13H2,1H3. The number of nitrogens with two attached hydrogens (primary N) is 1. The van der Waals surface area contributed by atoms with Gasteiger partial charge in [-0.05, 0) is 37.1 Å². The van der Waals surface area contributed by atoms with Crippen molar-refractivity contribution in [2.24, 2.45) is 5.73 Å². The molecule has 0 heterocycles. The average molecular weight is 249 g/mol. The summed E-state index contributed by atoms with van der Waals surface area (Å²) in [5, 5.41) is 0. The van der Waals surface area contributed by atoms with Crippen LogP contribution in [0.4, 0.5) is 8.78 Å². The van der Waals surface area contributed by atoms with Gasteiger partial charge in [-0.1, -0.05) is 0 Å². The molecule has 2 N–H and O–H groups in total. The zero-order valence-corrected chi connectivity index (χ0v) is 9.65. The fourth-order valence-corrected chi connectivity index (χ4v) is 2.24. The van der Waals surface area contributed by atoms with E-state index in [4.69, 9.17) is 5.73 Å². The van der Waals surface area contributed by atoms with Gasteiger partial charge in [-0.3, -0.25) is 0 Å². The molecule has 0 atom stereocenters. The van der Waals surface area contributed by atoms with Crippen molar-refractivity contribution in [3.63, 3.8) is 0 Å². The van der Waals surface area contributed by atoms with Crippen molar-refractivity contribution >= 4 is 9.84 Å². The van der Waals surface area contributed by atoms with Crippen LogP contribution in [0.1, 0.15) is 12.0 Å². The van der Waals surface area contributed by atoms with Crippen LogP contribution >= 0.6 is 0 Å². The van der Waals surface area contributed by atoms with Crippen LogP contribution in [0.2, 0.25) is 0 Å². The van der Waals surface area contributed by atoms with E-state index in [-0.39, 0.29) is 0 Å². The van der Waals surface area contributed by atoms with Gasteiger partial charge in [0.25, 0.3) is 0 Å². The summed E-state index contributed by atoms with van der Waals surface area (Å²) in [6, 6.07) is 2.07. The zero-order chi connectivity index (χ0) is 12.3. The third-order valence-corrected chi connectivity index (χ3v) is 3.23. The van der Waals surface area contributed by atoms with Crippen LogP contribution in [0.3, 0.4) is 0 Å². The summed E-state index contributed by atoms with van der Waals surface area (Å²) in [6.07, 6.45) is 1.79. The Kier molecular flexibility index (Phi) is 3.98. The second-order valence-corrected chi connectivity index (χ2v) is 5.51. The number of halogens is 2. The minimum absolute atomic E-state index is 0.410. The van der Waals surface area contributed by atoms with Crippen LogP contribution in [-0.2, 0) is 16.3 Å². The molecule has 1 rings (SSSR count). The molecule has 16 heavy (non-hydrogen) atoms. The molecule has 0 bridgehead atoms. The van der Waals surface area contributed by atoms with Gasteiger partial charge in [0, 0.05) is 6.26 Å². The Labute approximate surface area is 93.2 Å². The summed E-state index contributed by atoms with van der Waals surface area (Å²) < 4.78 is 49.0. The van der Waals surface area contributed by atoms with Gasteiger partial charge in [-0.15, -0.1) is 0 Å². The Balaban J connectivity index is 3.18. The fraction of sp³-hybridized carbons (Fsp3) is 0.400. The van der Waals surface area contributed by atoms with Gasteiger partial charge >= 0.3 is 0 Å². The molecule has 0 aliphatic rings. The summed E-state index contributed by atoms with van der Waals surface area (Å²) in [7, 11) is -3.88. The molecule has 0 amide bonds. The maximum absolute atomic E-state index is 13.4. The molecule has 1 aromatic carbocycles. The Bertz CT molecular complexity index is 463. The molecule has 0 aromatic heterocycles. The molecule has 0 unspecified atom stereocenters. The summed E-state index contributed by atoms with van der Waals surface area (Å²) in [5.74, 6) is -2.09. The first-order valence-electron chi connectivity index (χ1n) is 4.74. The number of sulfone groups is 1. The SMILES string of the molecule is CS(=O)(=O)c1c(F)cc(CCCN)cc1F. The molecule has 90 valence electrons. The molecular weight excluding hydrogens is 236 g/mol. The molecule has 0 radical (unpaired) electrons. The first-order valence-corrected chi connectivity index (χ1v) is 6.63. The van der Waals surface area contributed by atoms with Gasteiger partial charge in [0.1, 0.15) is 16.5 Å². The van der Waals surface area contributed by atoms with Crippen LogP contribution < -0.4 is 5.73 Å². The van der Waals surface area contributed by atoms with Gasteiger partial charge in [0.2, 0.25) is 0 Å². The maximum Gasteiger partial charge on any atom is 0.181 e. The molecule has 0 fully saturated rings. The molecular formula is C10H13F2NO2S. The van der Waals surface area contributed by atoms with Gasteiger partial charge < -0.3 is 5.73 Å².